The fourth-order valence-corrected chi connectivity index (χ4v) is 6.95. The van der Waals surface area contributed by atoms with E-state index in [0.717, 1.165) is 54.4 Å². The van der Waals surface area contributed by atoms with Crippen LogP contribution in [0.2, 0.25) is 6.32 Å². The van der Waals surface area contributed by atoms with E-state index >= 15 is 0 Å². The molecule has 4 aliphatic rings. The molecule has 2 aliphatic heterocycles. The molecule has 0 bridgehead atoms. The molecule has 2 heterocycles. The van der Waals surface area contributed by atoms with Gasteiger partial charge in [-0.2, -0.15) is 0 Å². The van der Waals surface area contributed by atoms with Crippen molar-refractivity contribution in [3.63, 3.8) is 0 Å². The van der Waals surface area contributed by atoms with Crippen molar-refractivity contribution in [3.8, 4) is 5.75 Å². The van der Waals surface area contributed by atoms with Gasteiger partial charge in [-0.05, 0) is 69.8 Å². The molecular formula is C28H36BNO5. The van der Waals surface area contributed by atoms with E-state index in [-0.39, 0.29) is 47.5 Å². The number of likely N-dealkylation sites (tertiary alicyclic amines) is 1. The molecule has 35 heavy (non-hydrogen) atoms. The van der Waals surface area contributed by atoms with Crippen molar-refractivity contribution in [2.45, 2.75) is 83.7 Å². The largest absolute Gasteiger partial charge is 0.507 e. The molecular weight excluding hydrogens is 441 g/mol. The summed E-state index contributed by atoms with van der Waals surface area (Å²) >= 11 is 0. The third-order valence-electron chi connectivity index (χ3n) is 8.57. The molecule has 5 rings (SSSR count). The zero-order chi connectivity index (χ0) is 24.7. The predicted molar refractivity (Wildman–Crippen MR) is 135 cm³/mol. The molecule has 6 nitrogen and oxygen atoms in total. The molecule has 0 aromatic heterocycles. The third-order valence-corrected chi connectivity index (χ3v) is 8.57. The van der Waals surface area contributed by atoms with Crippen molar-refractivity contribution in [1.82, 2.24) is 4.90 Å². The first-order valence-electron chi connectivity index (χ1n) is 13.2. The van der Waals surface area contributed by atoms with Gasteiger partial charge < -0.3 is 14.8 Å². The Bertz CT molecular complexity index is 1060. The normalized spacial score (nSPS) is 30.1. The number of allylic oxidation sites excluding steroid dienone is 2. The highest BCUT2D eigenvalue weighted by atomic mass is 16.5. The summed E-state index contributed by atoms with van der Waals surface area (Å²) in [5, 5.41) is 20.7. The highest BCUT2D eigenvalue weighted by molar-refractivity contribution is 6.43. The minimum absolute atomic E-state index is 0.00396. The second kappa shape index (κ2) is 9.94. The number of fused-ring (bicyclic) bond motifs is 3. The smallest absolute Gasteiger partial charge is 0.455 e. The van der Waals surface area contributed by atoms with Gasteiger partial charge in [0.2, 0.25) is 11.8 Å². The summed E-state index contributed by atoms with van der Waals surface area (Å²) in [7, 11) is -0.936. The van der Waals surface area contributed by atoms with E-state index in [1.165, 1.54) is 6.42 Å². The maximum absolute atomic E-state index is 13.7. The Kier molecular flexibility index (Phi) is 6.91. The molecule has 0 spiro atoms. The van der Waals surface area contributed by atoms with E-state index in [1.807, 2.05) is 25.1 Å². The first-order chi connectivity index (χ1) is 16.8. The van der Waals surface area contributed by atoms with E-state index < -0.39 is 7.12 Å². The number of hydrogen-bond acceptors (Lipinski definition) is 5. The maximum atomic E-state index is 13.7. The minimum Gasteiger partial charge on any atom is -0.507 e. The van der Waals surface area contributed by atoms with Crippen molar-refractivity contribution in [2.75, 3.05) is 0 Å². The minimum atomic E-state index is -0.936. The summed E-state index contributed by atoms with van der Waals surface area (Å²) in [5.74, 6) is -0.585. The second-order valence-electron chi connectivity index (χ2n) is 10.9. The summed E-state index contributed by atoms with van der Waals surface area (Å²) in [6, 6.07) is 7.29. The van der Waals surface area contributed by atoms with Crippen molar-refractivity contribution in [3.05, 3.63) is 46.5 Å². The molecule has 0 radical (unpaired) electrons. The highest BCUT2D eigenvalue weighted by Crippen LogP contribution is 2.51. The molecule has 2 N–H and O–H groups in total. The van der Waals surface area contributed by atoms with Crippen LogP contribution in [0, 0.1) is 17.8 Å². The SMILES string of the molecule is CC1=C2[C@@H](CC/C(C)=C/c3ccccc3O)OB(O)C[C@@H]2[C@@H]2C(=O)N(C3CCCCC3)C(=O)[C@@H]2C1. The molecule has 2 aliphatic carbocycles. The van der Waals surface area contributed by atoms with E-state index in [0.29, 0.717) is 19.2 Å². The van der Waals surface area contributed by atoms with Crippen LogP contribution in [-0.4, -0.2) is 46.1 Å². The lowest BCUT2D eigenvalue weighted by atomic mass is 9.59. The first kappa shape index (κ1) is 24.3. The number of hydrogen-bond donors (Lipinski definition) is 2. The fourth-order valence-electron chi connectivity index (χ4n) is 6.95. The monoisotopic (exact) mass is 477 g/mol. The second-order valence-corrected chi connectivity index (χ2v) is 10.9. The highest BCUT2D eigenvalue weighted by Gasteiger charge is 2.57. The number of amides is 2. The molecule has 2 saturated heterocycles. The number of benzene rings is 1. The van der Waals surface area contributed by atoms with Gasteiger partial charge in [-0.3, -0.25) is 14.5 Å². The van der Waals surface area contributed by atoms with E-state index in [1.54, 1.807) is 17.0 Å². The molecule has 0 unspecified atom stereocenters. The van der Waals surface area contributed by atoms with Gasteiger partial charge in [0.25, 0.3) is 0 Å². The Morgan fingerprint density at radius 3 is 2.63 bits per heavy atom. The van der Waals surface area contributed by atoms with Gasteiger partial charge in [-0.1, -0.05) is 54.7 Å². The number of aromatic hydroxyl groups is 1. The number of imide groups is 1. The van der Waals surface area contributed by atoms with Crippen LogP contribution < -0.4 is 0 Å². The third kappa shape index (κ3) is 4.61. The molecule has 4 atom stereocenters. The lowest BCUT2D eigenvalue weighted by Gasteiger charge is -2.42. The molecule has 1 aromatic rings. The number of para-hydroxylation sites is 1. The van der Waals surface area contributed by atoms with Gasteiger partial charge in [-0.15, -0.1) is 0 Å². The lowest BCUT2D eigenvalue weighted by molar-refractivity contribution is -0.143. The number of phenolic OH excluding ortho intramolecular Hbond substituents is 1. The lowest BCUT2D eigenvalue weighted by Crippen LogP contribution is -2.46. The number of carbonyl (C=O) groups excluding carboxylic acids is 2. The molecule has 2 amide bonds. The van der Waals surface area contributed by atoms with Gasteiger partial charge >= 0.3 is 7.12 Å². The molecule has 186 valence electrons. The molecule has 3 fully saturated rings. The van der Waals surface area contributed by atoms with Crippen molar-refractivity contribution in [1.29, 1.82) is 0 Å². The first-order valence-corrected chi connectivity index (χ1v) is 13.2. The Hall–Kier alpha value is -2.38. The summed E-state index contributed by atoms with van der Waals surface area (Å²) in [5.41, 5.74) is 4.15. The van der Waals surface area contributed by atoms with Crippen LogP contribution in [0.25, 0.3) is 6.08 Å². The molecule has 1 aromatic carbocycles. The number of nitrogens with zero attached hydrogens (tertiary/aromatic N) is 1. The summed E-state index contributed by atoms with van der Waals surface area (Å²) in [6.07, 6.45) is 9.26. The molecule has 7 heteroatoms. The number of carbonyl (C=O) groups is 2. The van der Waals surface area contributed by atoms with Crippen LogP contribution >= 0.6 is 0 Å². The van der Waals surface area contributed by atoms with Crippen molar-refractivity contribution in [2.24, 2.45) is 17.8 Å². The van der Waals surface area contributed by atoms with Gasteiger partial charge in [0, 0.05) is 11.6 Å². The molecule has 1 saturated carbocycles. The Labute approximate surface area is 208 Å². The summed E-state index contributed by atoms with van der Waals surface area (Å²) in [6.45, 7) is 4.10. The van der Waals surface area contributed by atoms with Crippen LogP contribution in [0.1, 0.15) is 70.8 Å². The van der Waals surface area contributed by atoms with Gasteiger partial charge in [0.05, 0.1) is 17.9 Å². The van der Waals surface area contributed by atoms with E-state index in [9.17, 15) is 19.7 Å². The van der Waals surface area contributed by atoms with Crippen LogP contribution in [0.5, 0.6) is 5.75 Å². The van der Waals surface area contributed by atoms with Crippen LogP contribution in [-0.2, 0) is 14.2 Å². The van der Waals surface area contributed by atoms with Gasteiger partial charge in [0.1, 0.15) is 5.75 Å². The Morgan fingerprint density at radius 2 is 1.89 bits per heavy atom. The topological polar surface area (TPSA) is 87.1 Å². The average molecular weight is 477 g/mol. The summed E-state index contributed by atoms with van der Waals surface area (Å²) < 4.78 is 6.02. The van der Waals surface area contributed by atoms with Crippen molar-refractivity contribution >= 4 is 25.0 Å². The predicted octanol–water partition coefficient (Wildman–Crippen LogP) is 4.73. The van der Waals surface area contributed by atoms with Crippen LogP contribution in [0.15, 0.2) is 41.0 Å². The van der Waals surface area contributed by atoms with Gasteiger partial charge in [-0.25, -0.2) is 0 Å². The van der Waals surface area contributed by atoms with Crippen molar-refractivity contribution < 1.29 is 24.4 Å². The number of rotatable bonds is 5. The maximum Gasteiger partial charge on any atom is 0.455 e. The fraction of sp³-hybridized carbons (Fsp3) is 0.571. The average Bonchev–Trinajstić information content (AvgIpc) is 3.09. The Morgan fingerprint density at radius 1 is 1.14 bits per heavy atom. The van der Waals surface area contributed by atoms with Crippen LogP contribution in [0.4, 0.5) is 0 Å². The van der Waals surface area contributed by atoms with Gasteiger partial charge in [0.15, 0.2) is 0 Å². The van der Waals surface area contributed by atoms with E-state index in [4.69, 9.17) is 4.65 Å². The zero-order valence-corrected chi connectivity index (χ0v) is 20.8. The van der Waals surface area contributed by atoms with Crippen LogP contribution in [0.3, 0.4) is 0 Å². The zero-order valence-electron chi connectivity index (χ0n) is 20.8. The summed E-state index contributed by atoms with van der Waals surface area (Å²) in [4.78, 5) is 28.7. The quantitative estimate of drug-likeness (QED) is 0.364. The number of phenols is 1. The Balaban J connectivity index is 1.35. The van der Waals surface area contributed by atoms with E-state index in [2.05, 4.69) is 6.92 Å². The standard InChI is InChI=1S/C28H36BNO5/c1-17(14-19-8-6-7-11-23(19)31)12-13-24-25-18(2)15-21-26(22(25)16-29(34)35-24)28(33)30(27(21)32)20-9-4-3-5-10-20/h6-8,11,14,20-22,24,26,31,34H,3-5,9-10,12-13,15-16H2,1-2H3/b17-14+/t21-,22+,24-,26-/m1/s1.